The number of nitrogen functional groups attached to an aromatic ring is 1. The van der Waals surface area contributed by atoms with Gasteiger partial charge in [0.2, 0.25) is 5.91 Å². The molecule has 5 heteroatoms. The molecule has 0 saturated carbocycles. The highest BCUT2D eigenvalue weighted by Gasteiger charge is 2.09. The molecule has 0 bridgehead atoms. The summed E-state index contributed by atoms with van der Waals surface area (Å²) in [6.45, 7) is 6.23. The molecule has 1 rings (SSSR count). The molecule has 4 nitrogen and oxygen atoms in total. The van der Waals surface area contributed by atoms with Crippen molar-refractivity contribution in [2.75, 3.05) is 30.7 Å². The zero-order chi connectivity index (χ0) is 14.3. The van der Waals surface area contributed by atoms with E-state index in [2.05, 4.69) is 17.1 Å². The standard InChI is InChI=1S/C14H22FN3O/c1-3-5-8-18(4-2)10-14(19)17-11-6-7-12(15)13(16)9-11/h6-7,9H,3-5,8,10,16H2,1-2H3,(H,17,19). The molecule has 0 heterocycles. The van der Waals surface area contributed by atoms with Crippen LogP contribution < -0.4 is 11.1 Å². The monoisotopic (exact) mass is 267 g/mol. The fourth-order valence-corrected chi connectivity index (χ4v) is 1.76. The summed E-state index contributed by atoms with van der Waals surface area (Å²) in [6, 6.07) is 4.18. The number of unbranched alkanes of at least 4 members (excludes halogenated alkanes) is 1. The number of nitrogens with zero attached hydrogens (tertiary/aromatic N) is 1. The van der Waals surface area contributed by atoms with Gasteiger partial charge in [-0.3, -0.25) is 9.69 Å². The molecule has 0 atom stereocenters. The molecule has 0 aromatic heterocycles. The molecule has 0 unspecified atom stereocenters. The summed E-state index contributed by atoms with van der Waals surface area (Å²) in [6.07, 6.45) is 2.18. The van der Waals surface area contributed by atoms with Gasteiger partial charge in [-0.2, -0.15) is 0 Å². The van der Waals surface area contributed by atoms with Crippen molar-refractivity contribution in [3.63, 3.8) is 0 Å². The summed E-state index contributed by atoms with van der Waals surface area (Å²) in [5.41, 5.74) is 6.01. The van der Waals surface area contributed by atoms with Crippen molar-refractivity contribution in [3.05, 3.63) is 24.0 Å². The summed E-state index contributed by atoms with van der Waals surface area (Å²) >= 11 is 0. The highest BCUT2D eigenvalue weighted by atomic mass is 19.1. The normalized spacial score (nSPS) is 10.7. The molecule has 1 aromatic carbocycles. The minimum atomic E-state index is -0.476. The lowest BCUT2D eigenvalue weighted by Gasteiger charge is -2.19. The van der Waals surface area contributed by atoms with Gasteiger partial charge in [0, 0.05) is 5.69 Å². The van der Waals surface area contributed by atoms with E-state index in [4.69, 9.17) is 5.73 Å². The Labute approximate surface area is 113 Å². The Morgan fingerprint density at radius 3 is 2.74 bits per heavy atom. The Hall–Kier alpha value is -1.62. The molecule has 0 spiro atoms. The summed E-state index contributed by atoms with van der Waals surface area (Å²) in [7, 11) is 0. The molecule has 19 heavy (non-hydrogen) atoms. The summed E-state index contributed by atoms with van der Waals surface area (Å²) in [4.78, 5) is 13.9. The van der Waals surface area contributed by atoms with E-state index < -0.39 is 5.82 Å². The molecule has 1 aromatic rings. The second kappa shape index (κ2) is 7.74. The SMILES string of the molecule is CCCCN(CC)CC(=O)Nc1ccc(F)c(N)c1. The molecule has 0 aliphatic rings. The number of carbonyl (C=O) groups excluding carboxylic acids is 1. The van der Waals surface area contributed by atoms with E-state index in [1.807, 2.05) is 6.92 Å². The summed E-state index contributed by atoms with van der Waals surface area (Å²) in [5, 5.41) is 2.72. The van der Waals surface area contributed by atoms with Crippen LogP contribution in [0.1, 0.15) is 26.7 Å². The molecule has 0 aliphatic heterocycles. The Bertz CT molecular complexity index is 423. The lowest BCUT2D eigenvalue weighted by atomic mass is 10.2. The number of anilines is 2. The average molecular weight is 267 g/mol. The van der Waals surface area contributed by atoms with Crippen molar-refractivity contribution in [1.82, 2.24) is 4.90 Å². The van der Waals surface area contributed by atoms with Crippen LogP contribution in [0.2, 0.25) is 0 Å². The second-order valence-electron chi connectivity index (χ2n) is 4.51. The third-order valence-corrected chi connectivity index (χ3v) is 2.92. The van der Waals surface area contributed by atoms with E-state index >= 15 is 0 Å². The maximum Gasteiger partial charge on any atom is 0.238 e. The molecule has 0 aliphatic carbocycles. The maximum absolute atomic E-state index is 13.0. The Morgan fingerprint density at radius 1 is 1.42 bits per heavy atom. The molecule has 106 valence electrons. The molecular weight excluding hydrogens is 245 g/mol. The zero-order valence-corrected chi connectivity index (χ0v) is 11.6. The second-order valence-corrected chi connectivity index (χ2v) is 4.51. The van der Waals surface area contributed by atoms with Gasteiger partial charge in [0.05, 0.1) is 12.2 Å². The van der Waals surface area contributed by atoms with Crippen molar-refractivity contribution >= 4 is 17.3 Å². The van der Waals surface area contributed by atoms with E-state index in [1.54, 1.807) is 0 Å². The maximum atomic E-state index is 13.0. The van der Waals surface area contributed by atoms with Crippen molar-refractivity contribution in [1.29, 1.82) is 0 Å². The Balaban J connectivity index is 2.51. The first-order valence-electron chi connectivity index (χ1n) is 6.64. The fourth-order valence-electron chi connectivity index (χ4n) is 1.76. The number of rotatable bonds is 7. The Morgan fingerprint density at radius 2 is 2.16 bits per heavy atom. The van der Waals surface area contributed by atoms with E-state index in [-0.39, 0.29) is 11.6 Å². The first-order valence-corrected chi connectivity index (χ1v) is 6.64. The highest BCUT2D eigenvalue weighted by Crippen LogP contribution is 2.16. The zero-order valence-electron chi connectivity index (χ0n) is 11.6. The van der Waals surface area contributed by atoms with Crippen molar-refractivity contribution in [2.24, 2.45) is 0 Å². The number of halogens is 1. The number of hydrogen-bond acceptors (Lipinski definition) is 3. The van der Waals surface area contributed by atoms with Crippen LogP contribution in [0.25, 0.3) is 0 Å². The highest BCUT2D eigenvalue weighted by molar-refractivity contribution is 5.92. The minimum Gasteiger partial charge on any atom is -0.396 e. The van der Waals surface area contributed by atoms with Crippen LogP contribution in [0.5, 0.6) is 0 Å². The van der Waals surface area contributed by atoms with E-state index in [1.165, 1.54) is 18.2 Å². The number of benzene rings is 1. The number of nitrogens with one attached hydrogen (secondary N) is 1. The lowest BCUT2D eigenvalue weighted by Crippen LogP contribution is -2.33. The van der Waals surface area contributed by atoms with Gasteiger partial charge in [0.25, 0.3) is 0 Å². The van der Waals surface area contributed by atoms with Crippen molar-refractivity contribution in [2.45, 2.75) is 26.7 Å². The first kappa shape index (κ1) is 15.4. The average Bonchev–Trinajstić information content (AvgIpc) is 2.38. The molecule has 1 amide bonds. The Kier molecular flexibility index (Phi) is 6.29. The smallest absolute Gasteiger partial charge is 0.238 e. The predicted octanol–water partition coefficient (Wildman–Crippen LogP) is 2.47. The predicted molar refractivity (Wildman–Crippen MR) is 76.5 cm³/mol. The van der Waals surface area contributed by atoms with Crippen LogP contribution in [-0.2, 0) is 4.79 Å². The van der Waals surface area contributed by atoms with Gasteiger partial charge in [-0.1, -0.05) is 20.3 Å². The van der Waals surface area contributed by atoms with Crippen LogP contribution in [0.3, 0.4) is 0 Å². The molecular formula is C14H22FN3O. The number of nitrogens with two attached hydrogens (primary N) is 1. The van der Waals surface area contributed by atoms with E-state index in [0.29, 0.717) is 12.2 Å². The van der Waals surface area contributed by atoms with Gasteiger partial charge in [-0.05, 0) is 37.7 Å². The largest absolute Gasteiger partial charge is 0.396 e. The van der Waals surface area contributed by atoms with Crippen LogP contribution >= 0.6 is 0 Å². The number of likely N-dealkylation sites (N-methyl/N-ethyl adjacent to an activating group) is 1. The fraction of sp³-hybridized carbons (Fsp3) is 0.500. The summed E-state index contributed by atoms with van der Waals surface area (Å²) in [5.74, 6) is -0.583. The van der Waals surface area contributed by atoms with Crippen LogP contribution in [0, 0.1) is 5.82 Å². The molecule has 0 saturated heterocycles. The van der Waals surface area contributed by atoms with Crippen molar-refractivity contribution in [3.8, 4) is 0 Å². The molecule has 0 fully saturated rings. The number of amides is 1. The van der Waals surface area contributed by atoms with E-state index in [9.17, 15) is 9.18 Å². The van der Waals surface area contributed by atoms with Gasteiger partial charge in [-0.25, -0.2) is 4.39 Å². The van der Waals surface area contributed by atoms with E-state index in [0.717, 1.165) is 25.9 Å². The van der Waals surface area contributed by atoms with Crippen LogP contribution in [0.15, 0.2) is 18.2 Å². The summed E-state index contributed by atoms with van der Waals surface area (Å²) < 4.78 is 13.0. The third-order valence-electron chi connectivity index (χ3n) is 2.92. The minimum absolute atomic E-state index is 0.0381. The van der Waals surface area contributed by atoms with Gasteiger partial charge < -0.3 is 11.1 Å². The number of hydrogen-bond donors (Lipinski definition) is 2. The van der Waals surface area contributed by atoms with Crippen LogP contribution in [0.4, 0.5) is 15.8 Å². The third kappa shape index (κ3) is 5.26. The molecule has 3 N–H and O–H groups in total. The van der Waals surface area contributed by atoms with Crippen molar-refractivity contribution < 1.29 is 9.18 Å². The lowest BCUT2D eigenvalue weighted by molar-refractivity contribution is -0.117. The molecule has 0 radical (unpaired) electrons. The van der Waals surface area contributed by atoms with Gasteiger partial charge in [0.1, 0.15) is 5.82 Å². The van der Waals surface area contributed by atoms with Gasteiger partial charge >= 0.3 is 0 Å². The quantitative estimate of drug-likeness (QED) is 0.746. The number of carbonyl (C=O) groups is 1. The van der Waals surface area contributed by atoms with Gasteiger partial charge in [-0.15, -0.1) is 0 Å². The van der Waals surface area contributed by atoms with Crippen LogP contribution in [-0.4, -0.2) is 30.4 Å². The van der Waals surface area contributed by atoms with Gasteiger partial charge in [0.15, 0.2) is 0 Å². The first-order chi connectivity index (χ1) is 9.06. The topological polar surface area (TPSA) is 58.4 Å².